The number of hydrogen-bond donors (Lipinski definition) is 2. The first-order valence-electron chi connectivity index (χ1n) is 6.80. The minimum Gasteiger partial charge on any atom is -0.481 e. The van der Waals surface area contributed by atoms with Crippen molar-refractivity contribution in [2.75, 3.05) is 0 Å². The van der Waals surface area contributed by atoms with Crippen molar-refractivity contribution in [1.29, 1.82) is 0 Å². The van der Waals surface area contributed by atoms with Gasteiger partial charge < -0.3 is 10.1 Å². The molecule has 2 N–H and O–H groups in total. The van der Waals surface area contributed by atoms with E-state index < -0.39 is 5.97 Å². The molecule has 0 bridgehead atoms. The predicted molar refractivity (Wildman–Crippen MR) is 77.4 cm³/mol. The minimum atomic E-state index is -0.882. The number of carbonyl (C=O) groups is 1. The molecule has 6 heteroatoms. The summed E-state index contributed by atoms with van der Waals surface area (Å²) < 4.78 is 0. The molecule has 0 saturated carbocycles. The maximum Gasteiger partial charge on any atom is 0.303 e. The Kier molecular flexibility index (Phi) is 3.33. The Labute approximate surface area is 119 Å². The van der Waals surface area contributed by atoms with Crippen LogP contribution in [0.15, 0.2) is 4.79 Å². The van der Waals surface area contributed by atoms with E-state index in [2.05, 4.69) is 16.9 Å². The van der Waals surface area contributed by atoms with Gasteiger partial charge in [-0.15, -0.1) is 11.3 Å². The van der Waals surface area contributed by atoms with Gasteiger partial charge >= 0.3 is 5.97 Å². The van der Waals surface area contributed by atoms with E-state index in [-0.39, 0.29) is 18.4 Å². The summed E-state index contributed by atoms with van der Waals surface area (Å²) in [6, 6.07) is 0. The average molecular weight is 292 g/mol. The molecule has 0 fully saturated rings. The zero-order chi connectivity index (χ0) is 14.3. The van der Waals surface area contributed by atoms with Crippen molar-refractivity contribution < 1.29 is 9.90 Å². The van der Waals surface area contributed by atoms with Crippen molar-refractivity contribution in [1.82, 2.24) is 9.97 Å². The Morgan fingerprint density at radius 3 is 3.10 bits per heavy atom. The predicted octanol–water partition coefficient (Wildman–Crippen LogP) is 2.13. The van der Waals surface area contributed by atoms with Crippen LogP contribution in [0.2, 0.25) is 0 Å². The lowest BCUT2D eigenvalue weighted by Crippen LogP contribution is -2.15. The monoisotopic (exact) mass is 292 g/mol. The number of carboxylic acid groups (broad SMARTS) is 1. The van der Waals surface area contributed by atoms with Crippen molar-refractivity contribution in [3.63, 3.8) is 0 Å². The number of rotatable bonds is 3. The van der Waals surface area contributed by atoms with Crippen molar-refractivity contribution in [2.24, 2.45) is 5.92 Å². The molecule has 0 unspecified atom stereocenters. The number of H-pyrrole nitrogens is 1. The first kappa shape index (κ1) is 13.3. The van der Waals surface area contributed by atoms with Crippen LogP contribution in [0, 0.1) is 5.92 Å². The maximum absolute atomic E-state index is 12.2. The van der Waals surface area contributed by atoms with Crippen molar-refractivity contribution in [3.8, 4) is 0 Å². The Hall–Kier alpha value is -1.69. The average Bonchev–Trinajstić information content (AvgIpc) is 2.73. The standard InChI is InChI=1S/C14H16N2O3S/c1-7-2-3-8-9(6-7)20-14-12(8)13(19)15-10(16-14)4-5-11(17)18/h7H,2-6H2,1H3,(H,17,18)(H,15,16,19)/t7-/m0/s1. The third kappa shape index (κ3) is 2.35. The highest BCUT2D eigenvalue weighted by Crippen LogP contribution is 2.35. The molecule has 0 aromatic carbocycles. The summed E-state index contributed by atoms with van der Waals surface area (Å²) in [7, 11) is 0. The molecule has 1 atom stereocenters. The number of aromatic amines is 1. The van der Waals surface area contributed by atoms with E-state index in [1.54, 1.807) is 11.3 Å². The molecular formula is C14H16N2O3S. The summed E-state index contributed by atoms with van der Waals surface area (Å²) in [5.41, 5.74) is 1.03. The molecule has 0 radical (unpaired) electrons. The second-order valence-electron chi connectivity index (χ2n) is 5.44. The van der Waals surface area contributed by atoms with Gasteiger partial charge in [-0.3, -0.25) is 9.59 Å². The number of fused-ring (bicyclic) bond motifs is 3. The van der Waals surface area contributed by atoms with E-state index in [1.807, 2.05) is 0 Å². The van der Waals surface area contributed by atoms with E-state index in [0.29, 0.717) is 11.7 Å². The van der Waals surface area contributed by atoms with Gasteiger partial charge in [-0.05, 0) is 30.7 Å². The Morgan fingerprint density at radius 2 is 2.35 bits per heavy atom. The third-order valence-corrected chi connectivity index (χ3v) is 4.94. The zero-order valence-corrected chi connectivity index (χ0v) is 12.0. The number of thiophene rings is 1. The molecule has 1 aliphatic rings. The number of aryl methyl sites for hydroxylation is 2. The largest absolute Gasteiger partial charge is 0.481 e. The number of hydrogen-bond acceptors (Lipinski definition) is 4. The highest BCUT2D eigenvalue weighted by molar-refractivity contribution is 7.18. The number of nitrogens with zero attached hydrogens (tertiary/aromatic N) is 1. The van der Waals surface area contributed by atoms with Gasteiger partial charge in [0.2, 0.25) is 0 Å². The molecule has 3 rings (SSSR count). The van der Waals surface area contributed by atoms with Gasteiger partial charge in [0.25, 0.3) is 5.56 Å². The highest BCUT2D eigenvalue weighted by atomic mass is 32.1. The lowest BCUT2D eigenvalue weighted by atomic mass is 9.89. The van der Waals surface area contributed by atoms with Gasteiger partial charge in [-0.25, -0.2) is 4.98 Å². The van der Waals surface area contributed by atoms with E-state index in [0.717, 1.165) is 35.0 Å². The zero-order valence-electron chi connectivity index (χ0n) is 11.2. The number of aliphatic carboxylic acids is 1. The molecule has 0 saturated heterocycles. The topological polar surface area (TPSA) is 83.0 Å². The fraction of sp³-hybridized carbons (Fsp3) is 0.500. The van der Waals surface area contributed by atoms with Gasteiger partial charge in [0.1, 0.15) is 10.7 Å². The second kappa shape index (κ2) is 5.01. The van der Waals surface area contributed by atoms with Crippen LogP contribution in [-0.4, -0.2) is 21.0 Å². The van der Waals surface area contributed by atoms with Crippen LogP contribution in [0.25, 0.3) is 10.2 Å². The SMILES string of the molecule is C[C@H]1CCc2c(sc3nc(CCC(=O)O)[nH]c(=O)c23)C1. The summed E-state index contributed by atoms with van der Waals surface area (Å²) in [6.45, 7) is 2.23. The van der Waals surface area contributed by atoms with Crippen LogP contribution < -0.4 is 5.56 Å². The Balaban J connectivity index is 2.05. The summed E-state index contributed by atoms with van der Waals surface area (Å²) in [4.78, 5) is 32.0. The van der Waals surface area contributed by atoms with Gasteiger partial charge in [-0.1, -0.05) is 6.92 Å². The molecule has 0 amide bonds. The summed E-state index contributed by atoms with van der Waals surface area (Å²) in [5, 5.41) is 9.42. The molecule has 2 aromatic rings. The van der Waals surface area contributed by atoms with Gasteiger partial charge in [0.15, 0.2) is 0 Å². The molecule has 5 nitrogen and oxygen atoms in total. The highest BCUT2D eigenvalue weighted by Gasteiger charge is 2.22. The van der Waals surface area contributed by atoms with Gasteiger partial charge in [-0.2, -0.15) is 0 Å². The summed E-state index contributed by atoms with van der Waals surface area (Å²) in [5.74, 6) is 0.240. The van der Waals surface area contributed by atoms with Crippen LogP contribution >= 0.6 is 11.3 Å². The second-order valence-corrected chi connectivity index (χ2v) is 6.52. The molecule has 0 spiro atoms. The first-order valence-corrected chi connectivity index (χ1v) is 7.61. The van der Waals surface area contributed by atoms with E-state index in [4.69, 9.17) is 5.11 Å². The lowest BCUT2D eigenvalue weighted by Gasteiger charge is -2.17. The molecule has 2 heterocycles. The van der Waals surface area contributed by atoms with E-state index in [1.165, 1.54) is 4.88 Å². The number of aromatic nitrogens is 2. The molecule has 0 aliphatic heterocycles. The van der Waals surface area contributed by atoms with Crippen LogP contribution in [0.1, 0.15) is 36.0 Å². The quantitative estimate of drug-likeness (QED) is 0.907. The van der Waals surface area contributed by atoms with Crippen LogP contribution in [0.4, 0.5) is 0 Å². The van der Waals surface area contributed by atoms with Crippen LogP contribution in [0.3, 0.4) is 0 Å². The minimum absolute atomic E-state index is 0.0173. The lowest BCUT2D eigenvalue weighted by molar-refractivity contribution is -0.137. The van der Waals surface area contributed by atoms with E-state index >= 15 is 0 Å². The first-order chi connectivity index (χ1) is 9.54. The molecular weight excluding hydrogens is 276 g/mol. The maximum atomic E-state index is 12.2. The smallest absolute Gasteiger partial charge is 0.303 e. The van der Waals surface area contributed by atoms with Gasteiger partial charge in [0, 0.05) is 11.3 Å². The fourth-order valence-corrected chi connectivity index (χ4v) is 4.14. The molecule has 2 aromatic heterocycles. The van der Waals surface area contributed by atoms with Crippen LogP contribution in [0.5, 0.6) is 0 Å². The fourth-order valence-electron chi connectivity index (χ4n) is 2.74. The van der Waals surface area contributed by atoms with Gasteiger partial charge in [0.05, 0.1) is 11.8 Å². The van der Waals surface area contributed by atoms with Crippen molar-refractivity contribution in [2.45, 2.75) is 39.0 Å². The Morgan fingerprint density at radius 1 is 1.55 bits per heavy atom. The summed E-state index contributed by atoms with van der Waals surface area (Å²) >= 11 is 1.59. The molecule has 20 heavy (non-hydrogen) atoms. The van der Waals surface area contributed by atoms with E-state index in [9.17, 15) is 9.59 Å². The van der Waals surface area contributed by atoms with Crippen molar-refractivity contribution in [3.05, 3.63) is 26.6 Å². The Bertz CT molecular complexity index is 732. The van der Waals surface area contributed by atoms with Crippen LogP contribution in [-0.2, 0) is 24.1 Å². The summed E-state index contributed by atoms with van der Waals surface area (Å²) in [6.07, 6.45) is 3.31. The molecule has 1 aliphatic carbocycles. The number of carboxylic acids is 1. The number of nitrogens with one attached hydrogen (secondary N) is 1. The van der Waals surface area contributed by atoms with Crippen molar-refractivity contribution >= 4 is 27.5 Å². The molecule has 106 valence electrons. The third-order valence-electron chi connectivity index (χ3n) is 3.79. The normalized spacial score (nSPS) is 18.1.